The van der Waals surface area contributed by atoms with Gasteiger partial charge in [-0.15, -0.1) is 0 Å². The highest BCUT2D eigenvalue weighted by Gasteiger charge is 2.27. The Bertz CT molecular complexity index is 975. The number of carbonyl (C=O) groups excluding carboxylic acids is 1. The summed E-state index contributed by atoms with van der Waals surface area (Å²) in [6, 6.07) is 7.40. The predicted octanol–water partition coefficient (Wildman–Crippen LogP) is 3.38. The van der Waals surface area contributed by atoms with E-state index in [9.17, 15) is 4.79 Å². The standard InChI is InChI=1S/C24H28O8/c1-26-18-9-14(10-19(27-2)22(18)30-5)7-16-13-32-24(25)17(16)8-15-11-20(28-3)23(31-6)21(12-15)29-4/h9-12H,7-8,13H2,1-6H3. The second-order valence-electron chi connectivity index (χ2n) is 7.08. The highest BCUT2D eigenvalue weighted by Crippen LogP contribution is 2.41. The average molecular weight is 444 g/mol. The molecule has 0 atom stereocenters. The molecule has 0 unspecified atom stereocenters. The Morgan fingerprint density at radius 3 is 1.44 bits per heavy atom. The van der Waals surface area contributed by atoms with Gasteiger partial charge in [0.15, 0.2) is 23.0 Å². The van der Waals surface area contributed by atoms with E-state index in [1.54, 1.807) is 42.7 Å². The first-order chi connectivity index (χ1) is 15.5. The van der Waals surface area contributed by atoms with Gasteiger partial charge in [-0.25, -0.2) is 4.79 Å². The van der Waals surface area contributed by atoms with E-state index in [0.717, 1.165) is 16.7 Å². The fourth-order valence-corrected chi connectivity index (χ4v) is 3.75. The molecule has 0 fully saturated rings. The minimum absolute atomic E-state index is 0.231. The van der Waals surface area contributed by atoms with E-state index in [-0.39, 0.29) is 12.6 Å². The van der Waals surface area contributed by atoms with Crippen LogP contribution in [0.1, 0.15) is 11.1 Å². The lowest BCUT2D eigenvalue weighted by atomic mass is 9.96. The summed E-state index contributed by atoms with van der Waals surface area (Å²) in [5.74, 6) is 2.85. The van der Waals surface area contributed by atoms with Gasteiger partial charge in [0.1, 0.15) is 6.61 Å². The Hall–Kier alpha value is -3.55. The summed E-state index contributed by atoms with van der Waals surface area (Å²) < 4.78 is 37.9. The predicted molar refractivity (Wildman–Crippen MR) is 118 cm³/mol. The Morgan fingerprint density at radius 1 is 0.656 bits per heavy atom. The first kappa shape index (κ1) is 23.1. The van der Waals surface area contributed by atoms with Crippen molar-refractivity contribution in [2.45, 2.75) is 12.8 Å². The normalized spacial score (nSPS) is 13.0. The second-order valence-corrected chi connectivity index (χ2v) is 7.08. The third kappa shape index (κ3) is 4.54. The van der Waals surface area contributed by atoms with Crippen LogP contribution in [0, 0.1) is 0 Å². The van der Waals surface area contributed by atoms with E-state index in [2.05, 4.69) is 0 Å². The zero-order valence-electron chi connectivity index (χ0n) is 19.2. The molecule has 0 radical (unpaired) electrons. The molecule has 1 aliphatic rings. The van der Waals surface area contributed by atoms with Crippen LogP contribution in [-0.4, -0.2) is 55.2 Å². The summed E-state index contributed by atoms with van der Waals surface area (Å²) >= 11 is 0. The van der Waals surface area contributed by atoms with Gasteiger partial charge >= 0.3 is 5.97 Å². The Kier molecular flexibility index (Phi) is 7.35. The molecule has 8 heteroatoms. The minimum Gasteiger partial charge on any atom is -0.493 e. The molecular formula is C24H28O8. The van der Waals surface area contributed by atoms with Crippen LogP contribution in [0.2, 0.25) is 0 Å². The number of hydrogen-bond acceptors (Lipinski definition) is 8. The lowest BCUT2D eigenvalue weighted by Gasteiger charge is -2.15. The maximum Gasteiger partial charge on any atom is 0.334 e. The molecule has 172 valence electrons. The molecular weight excluding hydrogens is 416 g/mol. The van der Waals surface area contributed by atoms with Gasteiger partial charge in [0.2, 0.25) is 11.5 Å². The summed E-state index contributed by atoms with van der Waals surface area (Å²) in [5, 5.41) is 0. The van der Waals surface area contributed by atoms with E-state index in [4.69, 9.17) is 33.2 Å². The maximum atomic E-state index is 12.5. The van der Waals surface area contributed by atoms with Crippen LogP contribution in [0.15, 0.2) is 35.4 Å². The van der Waals surface area contributed by atoms with E-state index >= 15 is 0 Å². The van der Waals surface area contributed by atoms with Crippen LogP contribution in [0.25, 0.3) is 0 Å². The van der Waals surface area contributed by atoms with E-state index in [1.165, 1.54) is 0 Å². The Morgan fingerprint density at radius 2 is 1.06 bits per heavy atom. The Labute approximate surface area is 187 Å². The highest BCUT2D eigenvalue weighted by atomic mass is 16.5. The molecule has 8 nitrogen and oxygen atoms in total. The van der Waals surface area contributed by atoms with Crippen LogP contribution in [0.3, 0.4) is 0 Å². The molecule has 2 aromatic rings. The monoisotopic (exact) mass is 444 g/mol. The van der Waals surface area contributed by atoms with Crippen molar-refractivity contribution in [1.29, 1.82) is 0 Å². The molecule has 1 aliphatic heterocycles. The van der Waals surface area contributed by atoms with Crippen molar-refractivity contribution in [1.82, 2.24) is 0 Å². The van der Waals surface area contributed by atoms with E-state index < -0.39 is 0 Å². The molecule has 0 aliphatic carbocycles. The molecule has 3 rings (SSSR count). The van der Waals surface area contributed by atoms with Gasteiger partial charge in [-0.3, -0.25) is 0 Å². The number of rotatable bonds is 10. The van der Waals surface area contributed by atoms with Gasteiger partial charge in [-0.2, -0.15) is 0 Å². The smallest absolute Gasteiger partial charge is 0.334 e. The Balaban J connectivity index is 1.97. The summed E-state index contributed by atoms with van der Waals surface area (Å²) in [7, 11) is 9.35. The molecule has 1 heterocycles. The van der Waals surface area contributed by atoms with Crippen molar-refractivity contribution < 1.29 is 38.0 Å². The molecule has 32 heavy (non-hydrogen) atoms. The van der Waals surface area contributed by atoms with Gasteiger partial charge in [-0.1, -0.05) is 0 Å². The average Bonchev–Trinajstić information content (AvgIpc) is 3.16. The summed E-state index contributed by atoms with van der Waals surface area (Å²) in [6.07, 6.45) is 0.873. The third-order valence-corrected chi connectivity index (χ3v) is 5.30. The topological polar surface area (TPSA) is 81.7 Å². The van der Waals surface area contributed by atoms with Gasteiger partial charge in [-0.05, 0) is 47.4 Å². The van der Waals surface area contributed by atoms with Crippen LogP contribution in [0.5, 0.6) is 34.5 Å². The number of carbonyl (C=O) groups is 1. The van der Waals surface area contributed by atoms with Crippen molar-refractivity contribution in [2.24, 2.45) is 0 Å². The molecule has 0 saturated carbocycles. The van der Waals surface area contributed by atoms with Gasteiger partial charge in [0.25, 0.3) is 0 Å². The summed E-state index contributed by atoms with van der Waals surface area (Å²) in [4.78, 5) is 12.5. The number of cyclic esters (lactones) is 1. The third-order valence-electron chi connectivity index (χ3n) is 5.30. The highest BCUT2D eigenvalue weighted by molar-refractivity contribution is 5.92. The minimum atomic E-state index is -0.332. The molecule has 2 aromatic carbocycles. The molecule has 0 spiro atoms. The van der Waals surface area contributed by atoms with Gasteiger partial charge < -0.3 is 33.2 Å². The lowest BCUT2D eigenvalue weighted by molar-refractivity contribution is -0.136. The maximum absolute atomic E-state index is 12.5. The fraction of sp³-hybridized carbons (Fsp3) is 0.375. The van der Waals surface area contributed by atoms with Crippen molar-refractivity contribution in [3.63, 3.8) is 0 Å². The number of methoxy groups -OCH3 is 6. The fourth-order valence-electron chi connectivity index (χ4n) is 3.75. The molecule has 0 bridgehead atoms. The molecule has 0 aromatic heterocycles. The van der Waals surface area contributed by atoms with E-state index in [0.29, 0.717) is 52.9 Å². The molecule has 0 N–H and O–H groups in total. The first-order valence-corrected chi connectivity index (χ1v) is 9.95. The van der Waals surface area contributed by atoms with Crippen molar-refractivity contribution in [3.8, 4) is 34.5 Å². The largest absolute Gasteiger partial charge is 0.493 e. The number of benzene rings is 2. The SMILES string of the molecule is COc1cc(CC2=C(Cc3cc(OC)c(OC)c(OC)c3)C(=O)OC2)cc(OC)c1OC. The van der Waals surface area contributed by atoms with Crippen molar-refractivity contribution in [3.05, 3.63) is 46.5 Å². The van der Waals surface area contributed by atoms with Crippen LogP contribution in [-0.2, 0) is 22.4 Å². The zero-order valence-corrected chi connectivity index (χ0v) is 19.2. The van der Waals surface area contributed by atoms with Gasteiger partial charge in [0, 0.05) is 12.0 Å². The van der Waals surface area contributed by atoms with Crippen molar-refractivity contribution in [2.75, 3.05) is 49.3 Å². The van der Waals surface area contributed by atoms with Crippen LogP contribution < -0.4 is 28.4 Å². The quantitative estimate of drug-likeness (QED) is 0.516. The molecule has 0 amide bonds. The zero-order chi connectivity index (χ0) is 23.3. The lowest BCUT2D eigenvalue weighted by Crippen LogP contribution is -2.05. The first-order valence-electron chi connectivity index (χ1n) is 9.95. The summed E-state index contributed by atoms with van der Waals surface area (Å²) in [5.41, 5.74) is 3.25. The van der Waals surface area contributed by atoms with Crippen molar-refractivity contribution >= 4 is 5.97 Å². The number of esters is 1. The van der Waals surface area contributed by atoms with E-state index in [1.807, 2.05) is 24.3 Å². The second kappa shape index (κ2) is 10.2. The molecule has 0 saturated heterocycles. The van der Waals surface area contributed by atoms with Crippen LogP contribution in [0.4, 0.5) is 0 Å². The number of hydrogen-bond donors (Lipinski definition) is 0. The summed E-state index contributed by atoms with van der Waals surface area (Å²) in [6.45, 7) is 0.231. The number of ether oxygens (including phenoxy) is 7. The van der Waals surface area contributed by atoms with Crippen LogP contribution >= 0.6 is 0 Å². The van der Waals surface area contributed by atoms with Gasteiger partial charge in [0.05, 0.1) is 42.7 Å².